The van der Waals surface area contributed by atoms with Crippen LogP contribution in [0.1, 0.15) is 25.8 Å². The van der Waals surface area contributed by atoms with Crippen molar-refractivity contribution in [2.45, 2.75) is 38.8 Å². The molecule has 2 unspecified atom stereocenters. The Bertz CT molecular complexity index is 340. The quantitative estimate of drug-likeness (QED) is 0.632. The number of aliphatic hydroxyl groups is 2. The Labute approximate surface area is 115 Å². The molecular weight excluding hydrogens is 242 g/mol. The molecule has 0 bridgehead atoms. The topological polar surface area (TPSA) is 61.7 Å². The van der Waals surface area contributed by atoms with Crippen LogP contribution < -0.4 is 10.1 Å². The summed E-state index contributed by atoms with van der Waals surface area (Å²) in [6.07, 6.45) is 1.15. The van der Waals surface area contributed by atoms with Gasteiger partial charge < -0.3 is 20.3 Å². The van der Waals surface area contributed by atoms with Crippen LogP contribution in [0.15, 0.2) is 24.3 Å². The number of benzene rings is 1. The molecular formula is C15H25NO3. The molecule has 0 aromatic heterocycles. The van der Waals surface area contributed by atoms with Gasteiger partial charge in [0.15, 0.2) is 0 Å². The van der Waals surface area contributed by atoms with Gasteiger partial charge in [0.05, 0.1) is 0 Å². The van der Waals surface area contributed by atoms with Crippen molar-refractivity contribution in [1.29, 1.82) is 0 Å². The Hall–Kier alpha value is -1.10. The van der Waals surface area contributed by atoms with Crippen LogP contribution >= 0.6 is 0 Å². The summed E-state index contributed by atoms with van der Waals surface area (Å²) in [5, 5.41) is 21.7. The summed E-state index contributed by atoms with van der Waals surface area (Å²) in [6.45, 7) is 4.98. The zero-order chi connectivity index (χ0) is 14.1. The van der Waals surface area contributed by atoms with Crippen molar-refractivity contribution in [3.8, 4) is 5.75 Å². The van der Waals surface area contributed by atoms with E-state index < -0.39 is 6.10 Å². The van der Waals surface area contributed by atoms with Crippen molar-refractivity contribution in [1.82, 2.24) is 5.32 Å². The predicted molar refractivity (Wildman–Crippen MR) is 76.5 cm³/mol. The molecule has 1 aromatic carbocycles. The first-order valence-corrected chi connectivity index (χ1v) is 6.89. The van der Waals surface area contributed by atoms with Crippen LogP contribution in [0.2, 0.25) is 0 Å². The van der Waals surface area contributed by atoms with Gasteiger partial charge in [-0.25, -0.2) is 0 Å². The third-order valence-electron chi connectivity index (χ3n) is 3.04. The van der Waals surface area contributed by atoms with Crippen LogP contribution in [-0.2, 0) is 6.42 Å². The zero-order valence-corrected chi connectivity index (χ0v) is 11.8. The van der Waals surface area contributed by atoms with Crippen LogP contribution in [0.4, 0.5) is 0 Å². The molecule has 2 atom stereocenters. The van der Waals surface area contributed by atoms with E-state index in [9.17, 15) is 5.11 Å². The summed E-state index contributed by atoms with van der Waals surface area (Å²) in [6, 6.07) is 8.11. The molecule has 0 spiro atoms. The van der Waals surface area contributed by atoms with Gasteiger partial charge in [-0.2, -0.15) is 0 Å². The summed E-state index contributed by atoms with van der Waals surface area (Å²) < 4.78 is 5.52. The lowest BCUT2D eigenvalue weighted by molar-refractivity contribution is 0.103. The van der Waals surface area contributed by atoms with E-state index in [0.717, 1.165) is 12.2 Å². The molecule has 4 heteroatoms. The van der Waals surface area contributed by atoms with Gasteiger partial charge in [-0.05, 0) is 37.5 Å². The highest BCUT2D eigenvalue weighted by atomic mass is 16.5. The number of hydrogen-bond acceptors (Lipinski definition) is 4. The van der Waals surface area contributed by atoms with Crippen molar-refractivity contribution < 1.29 is 14.9 Å². The highest BCUT2D eigenvalue weighted by Gasteiger charge is 2.07. The molecule has 108 valence electrons. The van der Waals surface area contributed by atoms with E-state index in [-0.39, 0.29) is 19.3 Å². The predicted octanol–water partition coefficient (Wildman–Crippen LogP) is 1.35. The normalized spacial score (nSPS) is 14.1. The fraction of sp³-hybridized carbons (Fsp3) is 0.600. The first-order chi connectivity index (χ1) is 9.15. The van der Waals surface area contributed by atoms with Crippen molar-refractivity contribution in [2.75, 3.05) is 19.8 Å². The van der Waals surface area contributed by atoms with Gasteiger partial charge in [0.1, 0.15) is 18.5 Å². The maximum absolute atomic E-state index is 9.78. The monoisotopic (exact) mass is 267 g/mol. The zero-order valence-electron chi connectivity index (χ0n) is 11.8. The van der Waals surface area contributed by atoms with Crippen molar-refractivity contribution in [2.24, 2.45) is 0 Å². The second-order valence-corrected chi connectivity index (χ2v) is 4.78. The highest BCUT2D eigenvalue weighted by molar-refractivity contribution is 5.27. The number of ether oxygens (including phenoxy) is 1. The summed E-state index contributed by atoms with van der Waals surface area (Å²) in [5.41, 5.74) is 1.27. The van der Waals surface area contributed by atoms with E-state index >= 15 is 0 Å². The lowest BCUT2D eigenvalue weighted by Crippen LogP contribution is -2.37. The third-order valence-corrected chi connectivity index (χ3v) is 3.04. The van der Waals surface area contributed by atoms with E-state index in [1.807, 2.05) is 31.2 Å². The fourth-order valence-corrected chi connectivity index (χ4v) is 1.71. The van der Waals surface area contributed by atoms with Gasteiger partial charge in [0.25, 0.3) is 0 Å². The maximum Gasteiger partial charge on any atom is 0.119 e. The minimum atomic E-state index is -0.549. The van der Waals surface area contributed by atoms with Crippen LogP contribution in [0.5, 0.6) is 5.75 Å². The van der Waals surface area contributed by atoms with Crippen molar-refractivity contribution in [3.05, 3.63) is 29.8 Å². The summed E-state index contributed by atoms with van der Waals surface area (Å²) in [7, 11) is 0. The molecule has 0 fully saturated rings. The molecule has 0 heterocycles. The largest absolute Gasteiger partial charge is 0.491 e. The lowest BCUT2D eigenvalue weighted by atomic mass is 10.2. The number of nitrogens with one attached hydrogen (secondary N) is 1. The Morgan fingerprint density at radius 3 is 2.53 bits per heavy atom. The SMILES string of the molecule is CCc1ccc(OCC(O)CNC(C)CCO)cc1. The molecule has 4 nitrogen and oxygen atoms in total. The molecule has 0 saturated carbocycles. The molecule has 0 aliphatic carbocycles. The molecule has 3 N–H and O–H groups in total. The Kier molecular flexibility index (Phi) is 7.48. The standard InChI is InChI=1S/C15H25NO3/c1-3-13-4-6-15(7-5-13)19-11-14(18)10-16-12(2)8-9-17/h4-7,12,14,16-18H,3,8-11H2,1-2H3. The van der Waals surface area contributed by atoms with E-state index in [2.05, 4.69) is 12.2 Å². The van der Waals surface area contributed by atoms with Crippen LogP contribution in [0, 0.1) is 0 Å². The van der Waals surface area contributed by atoms with Crippen molar-refractivity contribution in [3.63, 3.8) is 0 Å². The lowest BCUT2D eigenvalue weighted by Gasteiger charge is -2.17. The minimum Gasteiger partial charge on any atom is -0.491 e. The van der Waals surface area contributed by atoms with Crippen molar-refractivity contribution >= 4 is 0 Å². The average molecular weight is 267 g/mol. The first-order valence-electron chi connectivity index (χ1n) is 6.89. The summed E-state index contributed by atoms with van der Waals surface area (Å²) in [4.78, 5) is 0. The number of rotatable bonds is 9. The first kappa shape index (κ1) is 16.0. The van der Waals surface area contributed by atoms with Gasteiger partial charge in [0.2, 0.25) is 0 Å². The molecule has 1 rings (SSSR count). The molecule has 1 aromatic rings. The molecule has 0 saturated heterocycles. The smallest absolute Gasteiger partial charge is 0.119 e. The van der Waals surface area contributed by atoms with E-state index in [1.165, 1.54) is 5.56 Å². The molecule has 19 heavy (non-hydrogen) atoms. The van der Waals surface area contributed by atoms with E-state index in [1.54, 1.807) is 0 Å². The Balaban J connectivity index is 2.23. The van der Waals surface area contributed by atoms with Gasteiger partial charge in [-0.1, -0.05) is 19.1 Å². The van der Waals surface area contributed by atoms with Crippen LogP contribution in [0.3, 0.4) is 0 Å². The third kappa shape index (κ3) is 6.57. The number of hydrogen-bond donors (Lipinski definition) is 3. The second-order valence-electron chi connectivity index (χ2n) is 4.78. The maximum atomic E-state index is 9.78. The fourth-order valence-electron chi connectivity index (χ4n) is 1.71. The van der Waals surface area contributed by atoms with Gasteiger partial charge in [0, 0.05) is 19.2 Å². The van der Waals surface area contributed by atoms with E-state index in [0.29, 0.717) is 13.0 Å². The van der Waals surface area contributed by atoms with E-state index in [4.69, 9.17) is 9.84 Å². The van der Waals surface area contributed by atoms with Gasteiger partial charge >= 0.3 is 0 Å². The molecule has 0 radical (unpaired) electrons. The molecule has 0 aliphatic rings. The Morgan fingerprint density at radius 2 is 1.95 bits per heavy atom. The van der Waals surface area contributed by atoms with Crippen LogP contribution in [-0.4, -0.2) is 42.1 Å². The van der Waals surface area contributed by atoms with Gasteiger partial charge in [-0.3, -0.25) is 0 Å². The number of aliphatic hydroxyl groups excluding tert-OH is 2. The second kappa shape index (κ2) is 8.91. The molecule has 0 aliphatic heterocycles. The highest BCUT2D eigenvalue weighted by Crippen LogP contribution is 2.12. The summed E-state index contributed by atoms with van der Waals surface area (Å²) >= 11 is 0. The minimum absolute atomic E-state index is 0.157. The Morgan fingerprint density at radius 1 is 1.26 bits per heavy atom. The van der Waals surface area contributed by atoms with Crippen LogP contribution in [0.25, 0.3) is 0 Å². The number of aryl methyl sites for hydroxylation is 1. The average Bonchev–Trinajstić information content (AvgIpc) is 2.44. The van der Waals surface area contributed by atoms with Gasteiger partial charge in [-0.15, -0.1) is 0 Å². The molecule has 0 amide bonds. The summed E-state index contributed by atoms with van der Waals surface area (Å²) in [5.74, 6) is 0.777.